The summed E-state index contributed by atoms with van der Waals surface area (Å²) in [4.78, 5) is 4.06. The van der Waals surface area contributed by atoms with Crippen LogP contribution >= 0.6 is 23.2 Å². The molecule has 2 rings (SSSR count). The summed E-state index contributed by atoms with van der Waals surface area (Å²) in [5.41, 5.74) is 1.56. The molecule has 0 unspecified atom stereocenters. The first-order chi connectivity index (χ1) is 9.95. The van der Waals surface area contributed by atoms with Gasteiger partial charge in [-0.25, -0.2) is 8.42 Å². The minimum Gasteiger partial charge on any atom is -0.265 e. The summed E-state index contributed by atoms with van der Waals surface area (Å²) in [5, 5.41) is 0.350. The summed E-state index contributed by atoms with van der Waals surface area (Å²) in [5.74, 6) is 0.242. The standard InChI is InChI=1S/C14H14Cl2N2O2S/c1-18(10-11-4-6-17-7-5-11)21(19,20)13-3-2-12(9-15)14(16)8-13/h2-8H,9-10H2,1H3. The van der Waals surface area contributed by atoms with Crippen molar-refractivity contribution in [2.24, 2.45) is 0 Å². The molecule has 0 saturated carbocycles. The van der Waals surface area contributed by atoms with E-state index in [0.717, 1.165) is 5.56 Å². The Labute approximate surface area is 134 Å². The molecule has 2 aromatic rings. The Morgan fingerprint density at radius 2 is 1.86 bits per heavy atom. The predicted octanol–water partition coefficient (Wildman–Crippen LogP) is 3.29. The molecule has 1 heterocycles. The Bertz CT molecular complexity index is 721. The molecule has 0 radical (unpaired) electrons. The van der Waals surface area contributed by atoms with E-state index in [1.54, 1.807) is 30.6 Å². The molecule has 4 nitrogen and oxygen atoms in total. The zero-order valence-electron chi connectivity index (χ0n) is 11.3. The highest BCUT2D eigenvalue weighted by molar-refractivity contribution is 7.89. The number of sulfonamides is 1. The van der Waals surface area contributed by atoms with Gasteiger partial charge in [0, 0.05) is 36.9 Å². The van der Waals surface area contributed by atoms with E-state index in [2.05, 4.69) is 4.98 Å². The second kappa shape index (κ2) is 6.75. The van der Waals surface area contributed by atoms with E-state index in [-0.39, 0.29) is 17.3 Å². The Hall–Kier alpha value is -1.14. The summed E-state index contributed by atoms with van der Waals surface area (Å²) >= 11 is 11.7. The van der Waals surface area contributed by atoms with Crippen LogP contribution in [-0.4, -0.2) is 24.8 Å². The largest absolute Gasteiger partial charge is 0.265 e. The maximum absolute atomic E-state index is 12.5. The Kier molecular flexibility index (Phi) is 5.22. The molecule has 0 spiro atoms. The SMILES string of the molecule is CN(Cc1ccncc1)S(=O)(=O)c1ccc(CCl)c(Cl)c1. The lowest BCUT2D eigenvalue weighted by Crippen LogP contribution is -2.26. The third kappa shape index (κ3) is 3.74. The van der Waals surface area contributed by atoms with Crippen molar-refractivity contribution in [2.75, 3.05) is 7.05 Å². The van der Waals surface area contributed by atoms with Gasteiger partial charge >= 0.3 is 0 Å². The van der Waals surface area contributed by atoms with Crippen molar-refractivity contribution in [3.8, 4) is 0 Å². The fourth-order valence-corrected chi connectivity index (χ4v) is 3.61. The maximum atomic E-state index is 12.5. The second-order valence-electron chi connectivity index (χ2n) is 4.50. The summed E-state index contributed by atoms with van der Waals surface area (Å²) < 4.78 is 26.3. The number of halogens is 2. The number of pyridine rings is 1. The van der Waals surface area contributed by atoms with Crippen LogP contribution in [0.1, 0.15) is 11.1 Å². The molecular formula is C14H14Cl2N2O2S. The molecule has 0 fully saturated rings. The van der Waals surface area contributed by atoms with E-state index in [0.29, 0.717) is 10.6 Å². The summed E-state index contributed by atoms with van der Waals surface area (Å²) in [6.45, 7) is 0.264. The first-order valence-corrected chi connectivity index (χ1v) is 8.50. The van der Waals surface area contributed by atoms with Crippen molar-refractivity contribution >= 4 is 33.2 Å². The average Bonchev–Trinajstić information content (AvgIpc) is 2.48. The van der Waals surface area contributed by atoms with Gasteiger partial charge in [-0.1, -0.05) is 17.7 Å². The highest BCUT2D eigenvalue weighted by Gasteiger charge is 2.21. The fraction of sp³-hybridized carbons (Fsp3) is 0.214. The van der Waals surface area contributed by atoms with Crippen LogP contribution in [0.3, 0.4) is 0 Å². The summed E-state index contributed by atoms with van der Waals surface area (Å²) in [7, 11) is -2.07. The molecule has 112 valence electrons. The van der Waals surface area contributed by atoms with Gasteiger partial charge in [0.2, 0.25) is 10.0 Å². The van der Waals surface area contributed by atoms with Gasteiger partial charge in [0.25, 0.3) is 0 Å². The van der Waals surface area contributed by atoms with Crippen LogP contribution in [0.2, 0.25) is 5.02 Å². The molecule has 0 bridgehead atoms. The molecule has 0 N–H and O–H groups in total. The molecule has 0 saturated heterocycles. The van der Waals surface area contributed by atoms with E-state index in [1.807, 2.05) is 0 Å². The van der Waals surface area contributed by atoms with Crippen LogP contribution in [0.15, 0.2) is 47.6 Å². The lowest BCUT2D eigenvalue weighted by atomic mass is 10.2. The Balaban J connectivity index is 2.27. The van der Waals surface area contributed by atoms with Gasteiger partial charge < -0.3 is 0 Å². The number of hydrogen-bond donors (Lipinski definition) is 0. The molecule has 21 heavy (non-hydrogen) atoms. The van der Waals surface area contributed by atoms with Crippen molar-refractivity contribution in [1.82, 2.24) is 9.29 Å². The molecule has 0 atom stereocenters. The van der Waals surface area contributed by atoms with Gasteiger partial charge in [0.05, 0.1) is 4.90 Å². The van der Waals surface area contributed by atoms with Crippen molar-refractivity contribution in [2.45, 2.75) is 17.3 Å². The van der Waals surface area contributed by atoms with E-state index in [9.17, 15) is 8.42 Å². The van der Waals surface area contributed by atoms with Crippen LogP contribution < -0.4 is 0 Å². The van der Waals surface area contributed by atoms with E-state index >= 15 is 0 Å². The van der Waals surface area contributed by atoms with Crippen molar-refractivity contribution in [1.29, 1.82) is 0 Å². The minimum absolute atomic E-state index is 0.151. The second-order valence-corrected chi connectivity index (χ2v) is 7.22. The van der Waals surface area contributed by atoms with Crippen LogP contribution in [-0.2, 0) is 22.4 Å². The van der Waals surface area contributed by atoms with Crippen LogP contribution in [0, 0.1) is 0 Å². The quantitative estimate of drug-likeness (QED) is 0.782. The normalized spacial score (nSPS) is 11.8. The van der Waals surface area contributed by atoms with Crippen LogP contribution in [0.4, 0.5) is 0 Å². The van der Waals surface area contributed by atoms with Gasteiger partial charge in [0.15, 0.2) is 0 Å². The van der Waals surface area contributed by atoms with Crippen molar-refractivity contribution in [3.05, 3.63) is 58.9 Å². The fourth-order valence-electron chi connectivity index (χ4n) is 1.81. The number of nitrogens with zero attached hydrogens (tertiary/aromatic N) is 2. The van der Waals surface area contributed by atoms with Gasteiger partial charge in [-0.05, 0) is 35.4 Å². The predicted molar refractivity (Wildman–Crippen MR) is 83.9 cm³/mol. The summed E-state index contributed by atoms with van der Waals surface area (Å²) in [6, 6.07) is 8.12. The number of rotatable bonds is 5. The minimum atomic E-state index is -3.60. The van der Waals surface area contributed by atoms with Gasteiger partial charge in [-0.3, -0.25) is 4.98 Å². The van der Waals surface area contributed by atoms with Crippen LogP contribution in [0.5, 0.6) is 0 Å². The third-order valence-electron chi connectivity index (χ3n) is 3.03. The van der Waals surface area contributed by atoms with E-state index in [4.69, 9.17) is 23.2 Å². The monoisotopic (exact) mass is 344 g/mol. The lowest BCUT2D eigenvalue weighted by molar-refractivity contribution is 0.466. The van der Waals surface area contributed by atoms with E-state index < -0.39 is 10.0 Å². The third-order valence-corrected chi connectivity index (χ3v) is 5.47. The zero-order chi connectivity index (χ0) is 15.5. The average molecular weight is 345 g/mol. The molecular weight excluding hydrogens is 331 g/mol. The number of benzene rings is 1. The highest BCUT2D eigenvalue weighted by Crippen LogP contribution is 2.24. The zero-order valence-corrected chi connectivity index (χ0v) is 13.7. The first-order valence-electron chi connectivity index (χ1n) is 6.15. The highest BCUT2D eigenvalue weighted by atomic mass is 35.5. The number of aromatic nitrogens is 1. The van der Waals surface area contributed by atoms with Gasteiger partial charge in [-0.2, -0.15) is 4.31 Å². The summed E-state index contributed by atoms with van der Waals surface area (Å²) in [6.07, 6.45) is 3.25. The molecule has 7 heteroatoms. The topological polar surface area (TPSA) is 50.3 Å². The van der Waals surface area contributed by atoms with Crippen molar-refractivity contribution < 1.29 is 8.42 Å². The smallest absolute Gasteiger partial charge is 0.243 e. The van der Waals surface area contributed by atoms with E-state index in [1.165, 1.54) is 23.5 Å². The maximum Gasteiger partial charge on any atom is 0.243 e. The Morgan fingerprint density at radius 3 is 2.43 bits per heavy atom. The molecule has 0 amide bonds. The molecule has 1 aromatic carbocycles. The van der Waals surface area contributed by atoms with Crippen LogP contribution in [0.25, 0.3) is 0 Å². The first kappa shape index (κ1) is 16.2. The van der Waals surface area contributed by atoms with Gasteiger partial charge in [-0.15, -0.1) is 11.6 Å². The molecule has 0 aliphatic heterocycles. The molecule has 0 aliphatic carbocycles. The number of hydrogen-bond acceptors (Lipinski definition) is 3. The van der Waals surface area contributed by atoms with Gasteiger partial charge in [0.1, 0.15) is 0 Å². The lowest BCUT2D eigenvalue weighted by Gasteiger charge is -2.17. The van der Waals surface area contributed by atoms with Crippen molar-refractivity contribution in [3.63, 3.8) is 0 Å². The molecule has 0 aliphatic rings. The molecule has 1 aromatic heterocycles. The Morgan fingerprint density at radius 1 is 1.19 bits per heavy atom. The number of alkyl halides is 1.